The quantitative estimate of drug-likeness (QED) is 0.231. The zero-order valence-electron chi connectivity index (χ0n) is 19.6. The Morgan fingerprint density at radius 2 is 1.62 bits per heavy atom. The maximum absolute atomic E-state index is 15.0. The summed E-state index contributed by atoms with van der Waals surface area (Å²) in [6.45, 7) is 1.57. The Morgan fingerprint density at radius 3 is 2.32 bits per heavy atom. The van der Waals surface area contributed by atoms with Gasteiger partial charge in [0.15, 0.2) is 0 Å². The number of hydrogen-bond acceptors (Lipinski definition) is 4. The van der Waals surface area contributed by atoms with Gasteiger partial charge in [0, 0.05) is 17.3 Å². The lowest BCUT2D eigenvalue weighted by atomic mass is 10.0. The van der Waals surface area contributed by atoms with Crippen LogP contribution in [-0.4, -0.2) is 13.4 Å². The molecule has 0 saturated carbocycles. The van der Waals surface area contributed by atoms with E-state index in [1.54, 1.807) is 24.4 Å². The van der Waals surface area contributed by atoms with Gasteiger partial charge in [-0.05, 0) is 78.7 Å². The van der Waals surface area contributed by atoms with Gasteiger partial charge < -0.3 is 4.74 Å². The van der Waals surface area contributed by atoms with Crippen molar-refractivity contribution < 1.29 is 26.3 Å². The summed E-state index contributed by atoms with van der Waals surface area (Å²) in [5.74, 6) is -2.32. The molecule has 3 aromatic carbocycles. The third-order valence-corrected chi connectivity index (χ3v) is 7.81. The van der Waals surface area contributed by atoms with Crippen molar-refractivity contribution in [3.63, 3.8) is 0 Å². The molecule has 1 aromatic heterocycles. The number of aromatic nitrogens is 1. The second kappa shape index (κ2) is 11.3. The highest BCUT2D eigenvalue weighted by molar-refractivity contribution is 7.92. The molecule has 0 N–H and O–H groups in total. The van der Waals surface area contributed by atoms with Crippen molar-refractivity contribution in [2.75, 3.05) is 4.31 Å². The molecule has 0 amide bonds. The van der Waals surface area contributed by atoms with Crippen LogP contribution in [0.4, 0.5) is 18.9 Å². The Balaban J connectivity index is 1.77. The first-order valence-corrected chi connectivity index (χ1v) is 13.0. The van der Waals surface area contributed by atoms with Crippen LogP contribution in [-0.2, 0) is 28.0 Å². The molecule has 0 unspecified atom stereocenters. The van der Waals surface area contributed by atoms with Crippen LogP contribution < -0.4 is 4.31 Å². The van der Waals surface area contributed by atoms with Gasteiger partial charge in [-0.3, -0.25) is 9.29 Å². The van der Waals surface area contributed by atoms with Crippen molar-refractivity contribution in [1.82, 2.24) is 4.98 Å². The molecule has 0 bridgehead atoms. The highest BCUT2D eigenvalue weighted by Crippen LogP contribution is 2.37. The van der Waals surface area contributed by atoms with E-state index < -0.39 is 39.2 Å². The van der Waals surface area contributed by atoms with Crippen LogP contribution in [0.25, 0.3) is 0 Å². The normalized spacial score (nSPS) is 12.4. The predicted molar refractivity (Wildman–Crippen MR) is 135 cm³/mol. The Bertz CT molecular complexity index is 1490. The van der Waals surface area contributed by atoms with Crippen molar-refractivity contribution in [1.29, 1.82) is 0 Å². The molecule has 0 radical (unpaired) electrons. The summed E-state index contributed by atoms with van der Waals surface area (Å²) in [7, 11) is -4.42. The van der Waals surface area contributed by atoms with Crippen LogP contribution in [0.15, 0.2) is 90.0 Å². The van der Waals surface area contributed by atoms with Gasteiger partial charge in [0.2, 0.25) is 0 Å². The van der Waals surface area contributed by atoms with Gasteiger partial charge in [0.25, 0.3) is 10.0 Å². The third kappa shape index (κ3) is 6.12. The lowest BCUT2D eigenvalue weighted by molar-refractivity contribution is 0.103. The Morgan fingerprint density at radius 1 is 0.919 bits per heavy atom. The predicted octanol–water partition coefficient (Wildman–Crippen LogP) is 6.83. The highest BCUT2D eigenvalue weighted by Gasteiger charge is 2.33. The second-order valence-electron chi connectivity index (χ2n) is 8.18. The molecule has 0 fully saturated rings. The topological polar surface area (TPSA) is 59.5 Å². The minimum Gasteiger partial charge on any atom is -0.370 e. The van der Waals surface area contributed by atoms with Crippen LogP contribution in [0.2, 0.25) is 5.02 Å². The highest BCUT2D eigenvalue weighted by atomic mass is 35.5. The summed E-state index contributed by atoms with van der Waals surface area (Å²) in [5.41, 5.74) is 0.856. The van der Waals surface area contributed by atoms with E-state index in [0.717, 1.165) is 22.5 Å². The molecule has 4 aromatic rings. The van der Waals surface area contributed by atoms with E-state index in [-0.39, 0.29) is 18.1 Å². The fourth-order valence-corrected chi connectivity index (χ4v) is 5.67. The number of sulfonamides is 1. The lowest BCUT2D eigenvalue weighted by Crippen LogP contribution is -2.35. The Kier molecular flexibility index (Phi) is 8.16. The van der Waals surface area contributed by atoms with Crippen LogP contribution in [0, 0.1) is 17.5 Å². The number of pyridine rings is 1. The molecule has 0 aliphatic heterocycles. The second-order valence-corrected chi connectivity index (χ2v) is 10.4. The van der Waals surface area contributed by atoms with E-state index in [4.69, 9.17) is 16.3 Å². The molecule has 0 aliphatic carbocycles. The van der Waals surface area contributed by atoms with E-state index in [9.17, 15) is 21.6 Å². The standard InChI is InChI=1S/C27H22ClF3N2O3S/c1-18(25-11-7-21(29)14-19(25)16-36-17-23-4-2-3-13-32-23)33(27-15-22(30)8-12-26(27)31)37(34,35)24-9-5-20(28)6-10-24/h2-15,18H,16-17H2,1H3/t18-/m1/s1. The first-order chi connectivity index (χ1) is 17.7. The molecule has 1 heterocycles. The molecule has 5 nitrogen and oxygen atoms in total. The Hall–Kier alpha value is -3.40. The van der Waals surface area contributed by atoms with Crippen LogP contribution in [0.3, 0.4) is 0 Å². The first-order valence-electron chi connectivity index (χ1n) is 11.2. The fraction of sp³-hybridized carbons (Fsp3) is 0.148. The van der Waals surface area contributed by atoms with Crippen molar-refractivity contribution in [3.8, 4) is 0 Å². The van der Waals surface area contributed by atoms with Crippen LogP contribution in [0.5, 0.6) is 0 Å². The number of hydrogen-bond donors (Lipinski definition) is 0. The summed E-state index contributed by atoms with van der Waals surface area (Å²) < 4.78 is 77.4. The van der Waals surface area contributed by atoms with Gasteiger partial charge in [-0.2, -0.15) is 0 Å². The van der Waals surface area contributed by atoms with Crippen LogP contribution >= 0.6 is 11.6 Å². The zero-order valence-corrected chi connectivity index (χ0v) is 21.2. The monoisotopic (exact) mass is 546 g/mol. The minimum absolute atomic E-state index is 0.0749. The molecule has 1 atom stereocenters. The van der Waals surface area contributed by atoms with Gasteiger partial charge in [-0.1, -0.05) is 23.7 Å². The molecule has 0 aliphatic rings. The van der Waals surface area contributed by atoms with E-state index in [0.29, 0.717) is 21.8 Å². The summed E-state index contributed by atoms with van der Waals surface area (Å²) in [4.78, 5) is 3.99. The molecule has 0 saturated heterocycles. The lowest BCUT2D eigenvalue weighted by Gasteiger charge is -2.32. The molecule has 0 spiro atoms. The van der Waals surface area contributed by atoms with Crippen molar-refractivity contribution in [2.24, 2.45) is 0 Å². The van der Waals surface area contributed by atoms with E-state index in [1.807, 2.05) is 0 Å². The number of nitrogens with zero attached hydrogens (tertiary/aromatic N) is 2. The maximum atomic E-state index is 15.0. The van der Waals surface area contributed by atoms with E-state index in [2.05, 4.69) is 4.98 Å². The van der Waals surface area contributed by atoms with Crippen LogP contribution in [0.1, 0.15) is 29.8 Å². The van der Waals surface area contributed by atoms with Gasteiger partial charge in [-0.25, -0.2) is 21.6 Å². The van der Waals surface area contributed by atoms with Gasteiger partial charge in [-0.15, -0.1) is 0 Å². The van der Waals surface area contributed by atoms with E-state index in [1.165, 1.54) is 49.4 Å². The number of benzene rings is 3. The summed E-state index contributed by atoms with van der Waals surface area (Å²) in [6, 6.07) is 15.9. The third-order valence-electron chi connectivity index (χ3n) is 5.66. The number of anilines is 1. The molecule has 4 rings (SSSR count). The summed E-state index contributed by atoms with van der Waals surface area (Å²) in [6.07, 6.45) is 1.61. The molecule has 37 heavy (non-hydrogen) atoms. The SMILES string of the molecule is C[C@H](c1ccc(F)cc1COCc1ccccn1)N(c1cc(F)ccc1F)S(=O)(=O)c1ccc(Cl)cc1. The van der Waals surface area contributed by atoms with Crippen molar-refractivity contribution in [2.45, 2.75) is 31.1 Å². The average Bonchev–Trinajstić information content (AvgIpc) is 2.87. The molecular weight excluding hydrogens is 525 g/mol. The summed E-state index contributed by atoms with van der Waals surface area (Å²) in [5, 5.41) is 0.307. The van der Waals surface area contributed by atoms with Crippen molar-refractivity contribution >= 4 is 27.3 Å². The molecule has 192 valence electrons. The number of halogens is 4. The first kappa shape index (κ1) is 26.7. The summed E-state index contributed by atoms with van der Waals surface area (Å²) >= 11 is 5.92. The Labute approximate surface area is 218 Å². The van der Waals surface area contributed by atoms with E-state index >= 15 is 0 Å². The largest absolute Gasteiger partial charge is 0.370 e. The number of rotatable bonds is 9. The van der Waals surface area contributed by atoms with Gasteiger partial charge in [0.05, 0.1) is 35.5 Å². The van der Waals surface area contributed by atoms with Gasteiger partial charge in [0.1, 0.15) is 17.5 Å². The van der Waals surface area contributed by atoms with Crippen molar-refractivity contribution in [3.05, 3.63) is 124 Å². The average molecular weight is 547 g/mol. The zero-order chi connectivity index (χ0) is 26.6. The van der Waals surface area contributed by atoms with Gasteiger partial charge >= 0.3 is 0 Å². The smallest absolute Gasteiger partial charge is 0.264 e. The maximum Gasteiger partial charge on any atom is 0.264 e. The molecular formula is C27H22ClF3N2O3S. The fourth-order valence-electron chi connectivity index (χ4n) is 3.90. The molecule has 10 heteroatoms. The number of ether oxygens (including phenoxy) is 1. The minimum atomic E-state index is -4.42.